The Morgan fingerprint density at radius 2 is 2.05 bits per heavy atom. The van der Waals surface area contributed by atoms with E-state index in [1.165, 1.54) is 0 Å². The summed E-state index contributed by atoms with van der Waals surface area (Å²) >= 11 is 0. The van der Waals surface area contributed by atoms with Crippen molar-refractivity contribution in [1.82, 2.24) is 5.32 Å². The van der Waals surface area contributed by atoms with Gasteiger partial charge in [0.2, 0.25) is 5.91 Å². The van der Waals surface area contributed by atoms with Crippen molar-refractivity contribution in [1.29, 1.82) is 0 Å². The third-order valence-corrected chi connectivity index (χ3v) is 3.24. The van der Waals surface area contributed by atoms with Gasteiger partial charge in [-0.3, -0.25) is 9.59 Å². The minimum atomic E-state index is -0.892. The van der Waals surface area contributed by atoms with Crippen LogP contribution in [0.1, 0.15) is 39.0 Å². The zero-order chi connectivity index (χ0) is 14.1. The minimum absolute atomic E-state index is 0.0481. The Hall–Kier alpha value is -1.14. The molecular weight excluding hydrogens is 250 g/mol. The molecule has 0 radical (unpaired) electrons. The molecule has 0 aliphatic carbocycles. The van der Waals surface area contributed by atoms with Crippen LogP contribution >= 0.6 is 0 Å². The van der Waals surface area contributed by atoms with Crippen molar-refractivity contribution in [2.45, 2.75) is 44.6 Å². The molecule has 1 aliphatic heterocycles. The van der Waals surface area contributed by atoms with Gasteiger partial charge in [0.1, 0.15) is 0 Å². The number of carboxylic acid groups (broad SMARTS) is 1. The van der Waals surface area contributed by atoms with Crippen LogP contribution in [0, 0.1) is 0 Å². The van der Waals surface area contributed by atoms with Crippen LogP contribution in [0.25, 0.3) is 0 Å². The zero-order valence-corrected chi connectivity index (χ0v) is 11.4. The molecule has 1 amide bonds. The van der Waals surface area contributed by atoms with E-state index in [9.17, 15) is 9.59 Å². The molecular formula is C13H23NO5. The van der Waals surface area contributed by atoms with Crippen LogP contribution in [-0.4, -0.2) is 48.9 Å². The summed E-state index contributed by atoms with van der Waals surface area (Å²) in [6.07, 6.45) is 2.07. The van der Waals surface area contributed by atoms with Gasteiger partial charge in [-0.15, -0.1) is 0 Å². The second-order valence-corrected chi connectivity index (χ2v) is 4.81. The van der Waals surface area contributed by atoms with Gasteiger partial charge in [-0.2, -0.15) is 0 Å². The second kappa shape index (κ2) is 8.12. The standard InChI is InChI=1S/C13H23NO5/c1-2-18-7-3-4-11(15)14-13(10-12(16)17)5-8-19-9-6-13/h2-10H2,1H3,(H,14,15)(H,16,17). The highest BCUT2D eigenvalue weighted by molar-refractivity contribution is 5.78. The lowest BCUT2D eigenvalue weighted by atomic mass is 9.86. The fraction of sp³-hybridized carbons (Fsp3) is 0.846. The quantitative estimate of drug-likeness (QED) is 0.643. The topological polar surface area (TPSA) is 84.9 Å². The molecule has 0 unspecified atom stereocenters. The first-order chi connectivity index (χ1) is 9.08. The number of rotatable bonds is 8. The number of hydrogen-bond donors (Lipinski definition) is 2. The molecule has 1 heterocycles. The number of carbonyl (C=O) groups excluding carboxylic acids is 1. The molecule has 0 aromatic rings. The van der Waals surface area contributed by atoms with E-state index in [1.807, 2.05) is 6.92 Å². The van der Waals surface area contributed by atoms with Gasteiger partial charge in [-0.1, -0.05) is 0 Å². The van der Waals surface area contributed by atoms with Crippen molar-refractivity contribution in [2.75, 3.05) is 26.4 Å². The van der Waals surface area contributed by atoms with Crippen LogP contribution in [0.15, 0.2) is 0 Å². The Morgan fingerprint density at radius 3 is 2.63 bits per heavy atom. The first kappa shape index (κ1) is 15.9. The van der Waals surface area contributed by atoms with Crippen molar-refractivity contribution in [3.8, 4) is 0 Å². The fourth-order valence-corrected chi connectivity index (χ4v) is 2.23. The smallest absolute Gasteiger partial charge is 0.305 e. The fourth-order valence-electron chi connectivity index (χ4n) is 2.23. The molecule has 0 spiro atoms. The molecule has 0 bridgehead atoms. The minimum Gasteiger partial charge on any atom is -0.481 e. The number of amides is 1. The molecule has 1 fully saturated rings. The van der Waals surface area contributed by atoms with E-state index >= 15 is 0 Å². The predicted molar refractivity (Wildman–Crippen MR) is 68.9 cm³/mol. The van der Waals surface area contributed by atoms with E-state index in [2.05, 4.69) is 5.32 Å². The van der Waals surface area contributed by atoms with Crippen molar-refractivity contribution < 1.29 is 24.2 Å². The molecule has 110 valence electrons. The van der Waals surface area contributed by atoms with Gasteiger partial charge in [-0.05, 0) is 26.2 Å². The van der Waals surface area contributed by atoms with Crippen LogP contribution in [0.4, 0.5) is 0 Å². The first-order valence-electron chi connectivity index (χ1n) is 6.76. The molecule has 6 nitrogen and oxygen atoms in total. The van der Waals surface area contributed by atoms with Crippen molar-refractivity contribution in [2.24, 2.45) is 0 Å². The average Bonchev–Trinajstić information content (AvgIpc) is 2.34. The van der Waals surface area contributed by atoms with Gasteiger partial charge >= 0.3 is 5.97 Å². The summed E-state index contributed by atoms with van der Waals surface area (Å²) in [5.74, 6) is -1.00. The van der Waals surface area contributed by atoms with Gasteiger partial charge in [0.15, 0.2) is 0 Å². The first-order valence-corrected chi connectivity index (χ1v) is 6.76. The number of nitrogens with one attached hydrogen (secondary N) is 1. The molecule has 6 heteroatoms. The van der Waals surface area contributed by atoms with Crippen LogP contribution in [0.5, 0.6) is 0 Å². The van der Waals surface area contributed by atoms with Crippen molar-refractivity contribution >= 4 is 11.9 Å². The summed E-state index contributed by atoms with van der Waals surface area (Å²) in [4.78, 5) is 22.8. The van der Waals surface area contributed by atoms with Crippen molar-refractivity contribution in [3.05, 3.63) is 0 Å². The van der Waals surface area contributed by atoms with E-state index in [-0.39, 0.29) is 12.3 Å². The molecule has 1 aliphatic rings. The Kier molecular flexibility index (Phi) is 6.80. The monoisotopic (exact) mass is 273 g/mol. The van der Waals surface area contributed by atoms with Gasteiger partial charge in [0.05, 0.1) is 12.0 Å². The maximum absolute atomic E-state index is 11.9. The highest BCUT2D eigenvalue weighted by Gasteiger charge is 2.36. The highest BCUT2D eigenvalue weighted by atomic mass is 16.5. The molecule has 0 aromatic heterocycles. The lowest BCUT2D eigenvalue weighted by molar-refractivity contribution is -0.140. The zero-order valence-electron chi connectivity index (χ0n) is 11.4. The predicted octanol–water partition coefficient (Wildman–Crippen LogP) is 0.943. The third-order valence-electron chi connectivity index (χ3n) is 3.24. The van der Waals surface area contributed by atoms with E-state index in [4.69, 9.17) is 14.6 Å². The second-order valence-electron chi connectivity index (χ2n) is 4.81. The molecule has 1 saturated heterocycles. The lowest BCUT2D eigenvalue weighted by Crippen LogP contribution is -2.53. The molecule has 0 aromatic carbocycles. The van der Waals surface area contributed by atoms with E-state index in [0.29, 0.717) is 52.1 Å². The van der Waals surface area contributed by atoms with Crippen LogP contribution < -0.4 is 5.32 Å². The Labute approximate surface area is 113 Å². The van der Waals surface area contributed by atoms with E-state index < -0.39 is 11.5 Å². The highest BCUT2D eigenvalue weighted by Crippen LogP contribution is 2.24. The average molecular weight is 273 g/mol. The maximum Gasteiger partial charge on any atom is 0.305 e. The Balaban J connectivity index is 2.43. The SMILES string of the molecule is CCOCCCC(=O)NC1(CC(=O)O)CCOCC1. The Bertz CT molecular complexity index is 299. The summed E-state index contributed by atoms with van der Waals surface area (Å²) < 4.78 is 10.4. The van der Waals surface area contributed by atoms with Gasteiger partial charge in [0, 0.05) is 32.8 Å². The largest absolute Gasteiger partial charge is 0.481 e. The summed E-state index contributed by atoms with van der Waals surface area (Å²) in [5, 5.41) is 11.9. The third kappa shape index (κ3) is 6.02. The number of hydrogen-bond acceptors (Lipinski definition) is 4. The van der Waals surface area contributed by atoms with Crippen LogP contribution in [0.3, 0.4) is 0 Å². The molecule has 0 saturated carbocycles. The molecule has 2 N–H and O–H groups in total. The number of ether oxygens (including phenoxy) is 2. The number of carboxylic acids is 1. The summed E-state index contributed by atoms with van der Waals surface area (Å²) in [6.45, 7) is 4.09. The summed E-state index contributed by atoms with van der Waals surface area (Å²) in [5.41, 5.74) is -0.646. The summed E-state index contributed by atoms with van der Waals surface area (Å²) in [7, 11) is 0. The molecule has 19 heavy (non-hydrogen) atoms. The van der Waals surface area contributed by atoms with Gasteiger partial charge in [0.25, 0.3) is 0 Å². The number of carbonyl (C=O) groups is 2. The molecule has 0 atom stereocenters. The van der Waals surface area contributed by atoms with Gasteiger partial charge < -0.3 is 19.9 Å². The van der Waals surface area contributed by atoms with E-state index in [1.54, 1.807) is 0 Å². The number of aliphatic carboxylic acids is 1. The molecule has 1 rings (SSSR count). The van der Waals surface area contributed by atoms with Crippen LogP contribution in [-0.2, 0) is 19.1 Å². The maximum atomic E-state index is 11.9. The van der Waals surface area contributed by atoms with E-state index in [0.717, 1.165) is 0 Å². The Morgan fingerprint density at radius 1 is 1.37 bits per heavy atom. The van der Waals surface area contributed by atoms with Crippen molar-refractivity contribution in [3.63, 3.8) is 0 Å². The van der Waals surface area contributed by atoms with Gasteiger partial charge in [-0.25, -0.2) is 0 Å². The summed E-state index contributed by atoms with van der Waals surface area (Å²) in [6, 6.07) is 0. The lowest BCUT2D eigenvalue weighted by Gasteiger charge is -2.36. The normalized spacial score (nSPS) is 17.9. The van der Waals surface area contributed by atoms with Crippen LogP contribution in [0.2, 0.25) is 0 Å².